The number of hydrogen-bond donors (Lipinski definition) is 3. The first kappa shape index (κ1) is 20.6. The Morgan fingerprint density at radius 1 is 1.32 bits per heavy atom. The smallest absolute Gasteiger partial charge is 0.225 e. The Hall–Kier alpha value is -2.08. The molecule has 3 N–H and O–H groups in total. The highest BCUT2D eigenvalue weighted by molar-refractivity contribution is 5.94. The number of likely N-dealkylation sites (N-methyl/N-ethyl adjacent to an activating group) is 1. The van der Waals surface area contributed by atoms with Gasteiger partial charge in [-0.3, -0.25) is 9.79 Å². The maximum Gasteiger partial charge on any atom is 0.225 e. The van der Waals surface area contributed by atoms with E-state index in [1.165, 1.54) is 31.2 Å². The molecule has 3 atom stereocenters. The first-order chi connectivity index (χ1) is 13.4. The van der Waals surface area contributed by atoms with Gasteiger partial charge in [-0.2, -0.15) is 0 Å². The third kappa shape index (κ3) is 4.66. The maximum atomic E-state index is 12.0. The zero-order valence-corrected chi connectivity index (χ0v) is 17.7. The van der Waals surface area contributed by atoms with Crippen LogP contribution in [0.1, 0.15) is 50.5 Å². The quantitative estimate of drug-likeness (QED) is 0.539. The van der Waals surface area contributed by atoms with Gasteiger partial charge >= 0.3 is 0 Å². The summed E-state index contributed by atoms with van der Waals surface area (Å²) in [5, 5.41) is 9.96. The van der Waals surface area contributed by atoms with Crippen molar-refractivity contribution < 1.29 is 4.79 Å². The van der Waals surface area contributed by atoms with Crippen molar-refractivity contribution in [3.63, 3.8) is 0 Å². The van der Waals surface area contributed by atoms with Gasteiger partial charge in [-0.25, -0.2) is 0 Å². The average Bonchev–Trinajstić information content (AvgIpc) is 2.67. The predicted octanol–water partition coefficient (Wildman–Crippen LogP) is 2.79. The van der Waals surface area contributed by atoms with Gasteiger partial charge in [0.1, 0.15) is 0 Å². The fourth-order valence-electron chi connectivity index (χ4n) is 4.73. The van der Waals surface area contributed by atoms with Crippen molar-refractivity contribution in [2.45, 2.75) is 50.5 Å². The van der Waals surface area contributed by atoms with Crippen LogP contribution in [-0.4, -0.2) is 56.5 Å². The van der Waals surface area contributed by atoms with Crippen molar-refractivity contribution in [3.05, 3.63) is 29.8 Å². The molecule has 1 fully saturated rings. The molecule has 1 amide bonds. The molecule has 3 unspecified atom stereocenters. The summed E-state index contributed by atoms with van der Waals surface area (Å²) in [5.41, 5.74) is 2.29. The number of rotatable bonds is 5. The Morgan fingerprint density at radius 2 is 2.11 bits per heavy atom. The molecule has 0 spiro atoms. The largest absolute Gasteiger partial charge is 0.356 e. The summed E-state index contributed by atoms with van der Waals surface area (Å²) in [4.78, 5) is 18.8. The minimum Gasteiger partial charge on any atom is -0.356 e. The predicted molar refractivity (Wildman–Crippen MR) is 116 cm³/mol. The summed E-state index contributed by atoms with van der Waals surface area (Å²) in [6, 6.07) is 8.06. The minimum atomic E-state index is 0.0798. The van der Waals surface area contributed by atoms with Gasteiger partial charge in [-0.1, -0.05) is 38.0 Å². The molecule has 3 rings (SSSR count). The van der Waals surface area contributed by atoms with Crippen LogP contribution in [0, 0.1) is 5.92 Å². The van der Waals surface area contributed by atoms with Gasteiger partial charge in [0.05, 0.1) is 0 Å². The standard InChI is InChI=1S/C22H35N5O/c1-16-8-7-11-22(13-16,27(3)4)15-25-21(23-2)24-14-17-12-20(28)26-19-10-6-5-9-18(17)19/h5-6,9-10,16-17H,7-8,11-15H2,1-4H3,(H,26,28)(H2,23,24,25). The number of aliphatic imine (C=N–C) groups is 1. The van der Waals surface area contributed by atoms with Crippen LogP contribution in [0.15, 0.2) is 29.3 Å². The summed E-state index contributed by atoms with van der Waals surface area (Å²) in [6.07, 6.45) is 5.53. The van der Waals surface area contributed by atoms with Crippen molar-refractivity contribution in [2.75, 3.05) is 39.5 Å². The van der Waals surface area contributed by atoms with Crippen LogP contribution in [0.25, 0.3) is 0 Å². The number of nitrogens with one attached hydrogen (secondary N) is 3. The Morgan fingerprint density at radius 3 is 2.82 bits per heavy atom. The molecule has 154 valence electrons. The second-order valence-electron chi connectivity index (χ2n) is 8.66. The molecule has 0 radical (unpaired) electrons. The van der Waals surface area contributed by atoms with E-state index in [4.69, 9.17) is 0 Å². The number of hydrogen-bond acceptors (Lipinski definition) is 3. The molecular weight excluding hydrogens is 350 g/mol. The van der Waals surface area contributed by atoms with Gasteiger partial charge in [0.25, 0.3) is 0 Å². The van der Waals surface area contributed by atoms with E-state index in [1.807, 2.05) is 25.2 Å². The van der Waals surface area contributed by atoms with E-state index in [0.29, 0.717) is 13.0 Å². The molecule has 6 nitrogen and oxygen atoms in total. The van der Waals surface area contributed by atoms with E-state index in [-0.39, 0.29) is 17.4 Å². The number of para-hydroxylation sites is 1. The number of nitrogens with zero attached hydrogens (tertiary/aromatic N) is 2. The second kappa shape index (κ2) is 8.95. The van der Waals surface area contributed by atoms with E-state index >= 15 is 0 Å². The van der Waals surface area contributed by atoms with Gasteiger partial charge in [0.2, 0.25) is 5.91 Å². The van der Waals surface area contributed by atoms with Crippen molar-refractivity contribution in [1.82, 2.24) is 15.5 Å². The summed E-state index contributed by atoms with van der Waals surface area (Å²) in [5.74, 6) is 1.80. The molecule has 28 heavy (non-hydrogen) atoms. The van der Waals surface area contributed by atoms with Crippen molar-refractivity contribution in [3.8, 4) is 0 Å². The first-order valence-electron chi connectivity index (χ1n) is 10.4. The van der Waals surface area contributed by atoms with Gasteiger partial charge in [0.15, 0.2) is 5.96 Å². The lowest BCUT2D eigenvalue weighted by molar-refractivity contribution is -0.116. The number of carbonyl (C=O) groups is 1. The Bertz CT molecular complexity index is 717. The van der Waals surface area contributed by atoms with Crippen LogP contribution < -0.4 is 16.0 Å². The van der Waals surface area contributed by atoms with E-state index < -0.39 is 0 Å². The SMILES string of the molecule is CN=C(NCC1CC(=O)Nc2ccccc21)NCC1(N(C)C)CCCC(C)C1. The fraction of sp³-hybridized carbons (Fsp3) is 0.636. The average molecular weight is 386 g/mol. The zero-order valence-electron chi connectivity index (χ0n) is 17.7. The summed E-state index contributed by atoms with van der Waals surface area (Å²) in [7, 11) is 6.18. The Balaban J connectivity index is 1.60. The number of anilines is 1. The lowest BCUT2D eigenvalue weighted by Gasteiger charge is -2.45. The fourth-order valence-corrected chi connectivity index (χ4v) is 4.73. The van der Waals surface area contributed by atoms with Gasteiger partial charge < -0.3 is 20.9 Å². The molecule has 6 heteroatoms. The van der Waals surface area contributed by atoms with Crippen LogP contribution >= 0.6 is 0 Å². The lowest BCUT2D eigenvalue weighted by atomic mass is 9.75. The van der Waals surface area contributed by atoms with Crippen LogP contribution in [-0.2, 0) is 4.79 Å². The first-order valence-corrected chi connectivity index (χ1v) is 10.4. The second-order valence-corrected chi connectivity index (χ2v) is 8.66. The van der Waals surface area contributed by atoms with Crippen LogP contribution in [0.4, 0.5) is 5.69 Å². The van der Waals surface area contributed by atoms with Crippen LogP contribution in [0.5, 0.6) is 0 Å². The Labute approximate surface area is 169 Å². The minimum absolute atomic E-state index is 0.0798. The van der Waals surface area contributed by atoms with Crippen molar-refractivity contribution in [1.29, 1.82) is 0 Å². The highest BCUT2D eigenvalue weighted by atomic mass is 16.1. The third-order valence-electron chi connectivity index (χ3n) is 6.45. The van der Waals surface area contributed by atoms with Crippen molar-refractivity contribution >= 4 is 17.6 Å². The van der Waals surface area contributed by atoms with Crippen molar-refractivity contribution in [2.24, 2.45) is 10.9 Å². The molecule has 0 bridgehead atoms. The highest BCUT2D eigenvalue weighted by Gasteiger charge is 2.37. The topological polar surface area (TPSA) is 68.8 Å². The molecule has 1 saturated carbocycles. The van der Waals surface area contributed by atoms with Gasteiger partial charge in [0, 0.05) is 43.7 Å². The summed E-state index contributed by atoms with van der Waals surface area (Å²) < 4.78 is 0. The maximum absolute atomic E-state index is 12.0. The zero-order chi connectivity index (χ0) is 20.1. The molecule has 2 aliphatic rings. The molecule has 1 aliphatic heterocycles. The summed E-state index contributed by atoms with van der Waals surface area (Å²) >= 11 is 0. The van der Waals surface area contributed by atoms with Gasteiger partial charge in [-0.05, 0) is 44.5 Å². The monoisotopic (exact) mass is 385 g/mol. The van der Waals surface area contributed by atoms with E-state index in [2.05, 4.69) is 52.9 Å². The van der Waals surface area contributed by atoms with Crippen LogP contribution in [0.2, 0.25) is 0 Å². The molecule has 1 heterocycles. The number of benzene rings is 1. The summed E-state index contributed by atoms with van der Waals surface area (Å²) in [6.45, 7) is 3.93. The van der Waals surface area contributed by atoms with E-state index in [9.17, 15) is 4.79 Å². The van der Waals surface area contributed by atoms with Gasteiger partial charge in [-0.15, -0.1) is 0 Å². The number of guanidine groups is 1. The molecular formula is C22H35N5O. The van der Waals surface area contributed by atoms with E-state index in [0.717, 1.165) is 24.1 Å². The lowest BCUT2D eigenvalue weighted by Crippen LogP contribution is -2.56. The molecule has 1 aromatic carbocycles. The molecule has 1 aromatic rings. The normalized spacial score (nSPS) is 27.9. The number of fused-ring (bicyclic) bond motifs is 1. The molecule has 0 aromatic heterocycles. The number of amides is 1. The van der Waals surface area contributed by atoms with E-state index in [1.54, 1.807) is 0 Å². The molecule has 1 aliphatic carbocycles. The molecule has 0 saturated heterocycles. The Kier molecular flexibility index (Phi) is 6.60. The third-order valence-corrected chi connectivity index (χ3v) is 6.45. The van der Waals surface area contributed by atoms with Crippen LogP contribution in [0.3, 0.4) is 0 Å². The highest BCUT2D eigenvalue weighted by Crippen LogP contribution is 2.35. The number of carbonyl (C=O) groups excluding carboxylic acids is 1.